The maximum atomic E-state index is 13.2. The first-order chi connectivity index (χ1) is 15.3. The van der Waals surface area contributed by atoms with Crippen molar-refractivity contribution in [3.05, 3.63) is 108 Å². The molecule has 3 atom stereocenters. The fraction of sp³-hybridized carbons (Fsp3) is 0.231. The highest BCUT2D eigenvalue weighted by molar-refractivity contribution is 5.98. The van der Waals surface area contributed by atoms with Crippen molar-refractivity contribution in [1.82, 2.24) is 9.80 Å². The molecule has 0 unspecified atom stereocenters. The van der Waals surface area contributed by atoms with Gasteiger partial charge in [-0.2, -0.15) is 0 Å². The number of aliphatic imine (C=N–C) groups is 1. The summed E-state index contributed by atoms with van der Waals surface area (Å²) in [7, 11) is 0. The Kier molecular flexibility index (Phi) is 5.16. The number of benzene rings is 3. The van der Waals surface area contributed by atoms with Crippen molar-refractivity contribution in [2.45, 2.75) is 25.0 Å². The second-order valence-corrected chi connectivity index (χ2v) is 7.79. The SMILES string of the molecule is CCOC(=O)N1C2=N[C@H](c3ccccc3)CN2[C@@H](c2ccccc2)[C@@H]1c1ccccc1. The van der Waals surface area contributed by atoms with E-state index in [1.807, 2.05) is 61.5 Å². The van der Waals surface area contributed by atoms with E-state index >= 15 is 0 Å². The topological polar surface area (TPSA) is 45.1 Å². The third-order valence-electron chi connectivity index (χ3n) is 5.96. The van der Waals surface area contributed by atoms with Gasteiger partial charge in [-0.3, -0.25) is 0 Å². The zero-order valence-corrected chi connectivity index (χ0v) is 17.5. The second kappa shape index (κ2) is 8.26. The van der Waals surface area contributed by atoms with Gasteiger partial charge in [0.15, 0.2) is 0 Å². The maximum Gasteiger partial charge on any atom is 0.417 e. The van der Waals surface area contributed by atoms with Gasteiger partial charge < -0.3 is 9.64 Å². The number of nitrogens with zero attached hydrogens (tertiary/aromatic N) is 3. The van der Waals surface area contributed by atoms with Crippen LogP contribution in [0.25, 0.3) is 0 Å². The summed E-state index contributed by atoms with van der Waals surface area (Å²) in [5.74, 6) is 0.690. The van der Waals surface area contributed by atoms with Gasteiger partial charge in [-0.1, -0.05) is 91.0 Å². The van der Waals surface area contributed by atoms with Crippen molar-refractivity contribution < 1.29 is 9.53 Å². The Labute approximate surface area is 182 Å². The summed E-state index contributed by atoms with van der Waals surface area (Å²) in [6.07, 6.45) is -0.354. The number of ether oxygens (including phenoxy) is 1. The lowest BCUT2D eigenvalue weighted by atomic mass is 9.93. The molecule has 0 N–H and O–H groups in total. The van der Waals surface area contributed by atoms with Crippen molar-refractivity contribution in [3.63, 3.8) is 0 Å². The van der Waals surface area contributed by atoms with Crippen molar-refractivity contribution in [3.8, 4) is 0 Å². The van der Waals surface area contributed by atoms with E-state index in [0.29, 0.717) is 12.6 Å². The molecular weight excluding hydrogens is 386 g/mol. The molecule has 2 aliphatic heterocycles. The first-order valence-corrected chi connectivity index (χ1v) is 10.7. The van der Waals surface area contributed by atoms with E-state index in [4.69, 9.17) is 9.73 Å². The van der Waals surface area contributed by atoms with Gasteiger partial charge in [0, 0.05) is 6.54 Å². The molecule has 3 aromatic carbocycles. The highest BCUT2D eigenvalue weighted by Crippen LogP contribution is 2.48. The van der Waals surface area contributed by atoms with Gasteiger partial charge in [0.1, 0.15) is 0 Å². The molecule has 1 amide bonds. The largest absolute Gasteiger partial charge is 0.449 e. The molecular formula is C26H25N3O2. The van der Waals surface area contributed by atoms with E-state index in [9.17, 15) is 4.79 Å². The first kappa shape index (κ1) is 19.4. The number of carbonyl (C=O) groups is 1. The fourth-order valence-electron chi connectivity index (χ4n) is 4.63. The van der Waals surface area contributed by atoms with Gasteiger partial charge in [0.2, 0.25) is 5.96 Å². The lowest BCUT2D eigenvalue weighted by Gasteiger charge is -2.29. The van der Waals surface area contributed by atoms with Crippen LogP contribution in [0.3, 0.4) is 0 Å². The molecule has 0 aliphatic carbocycles. The molecule has 0 bridgehead atoms. The smallest absolute Gasteiger partial charge is 0.417 e. The number of hydrogen-bond donors (Lipinski definition) is 0. The molecule has 0 saturated carbocycles. The van der Waals surface area contributed by atoms with Crippen LogP contribution in [0, 0.1) is 0 Å². The minimum atomic E-state index is -0.354. The third kappa shape index (κ3) is 3.46. The Balaban J connectivity index is 1.64. The molecule has 5 heteroatoms. The molecule has 156 valence electrons. The Morgan fingerprint density at radius 3 is 1.90 bits per heavy atom. The van der Waals surface area contributed by atoms with Crippen LogP contribution in [0.4, 0.5) is 4.79 Å². The standard InChI is InChI=1S/C26H25N3O2/c1-2-31-26(30)29-24(21-16-10-5-11-17-21)23(20-14-8-4-9-15-20)28-18-22(27-25(28)29)19-12-6-3-7-13-19/h3-17,22-24H,2,18H2,1H3/t22-,23-,24-/m0/s1. The van der Waals surface area contributed by atoms with E-state index in [1.54, 1.807) is 4.90 Å². The predicted octanol–water partition coefficient (Wildman–Crippen LogP) is 5.35. The van der Waals surface area contributed by atoms with Crippen molar-refractivity contribution in [2.75, 3.05) is 13.2 Å². The minimum absolute atomic E-state index is 0.0175. The Bertz CT molecular complexity index is 1070. The van der Waals surface area contributed by atoms with E-state index in [1.165, 1.54) is 0 Å². The first-order valence-electron chi connectivity index (χ1n) is 10.7. The van der Waals surface area contributed by atoms with Crippen molar-refractivity contribution in [2.24, 2.45) is 4.99 Å². The van der Waals surface area contributed by atoms with Gasteiger partial charge in [-0.25, -0.2) is 14.7 Å². The molecule has 5 nitrogen and oxygen atoms in total. The average molecular weight is 412 g/mol. The molecule has 1 fully saturated rings. The highest BCUT2D eigenvalue weighted by atomic mass is 16.6. The molecule has 2 aliphatic rings. The number of carbonyl (C=O) groups excluding carboxylic acids is 1. The summed E-state index contributed by atoms with van der Waals surface area (Å²) in [4.78, 5) is 22.2. The maximum absolute atomic E-state index is 13.2. The van der Waals surface area contributed by atoms with Gasteiger partial charge >= 0.3 is 6.09 Å². The average Bonchev–Trinajstić information content (AvgIpc) is 3.38. The van der Waals surface area contributed by atoms with E-state index < -0.39 is 0 Å². The number of fused-ring (bicyclic) bond motifs is 1. The summed E-state index contributed by atoms with van der Waals surface area (Å²) in [6, 6.07) is 30.5. The summed E-state index contributed by atoms with van der Waals surface area (Å²) < 4.78 is 5.49. The lowest BCUT2D eigenvalue weighted by molar-refractivity contribution is 0.117. The zero-order chi connectivity index (χ0) is 21.2. The van der Waals surface area contributed by atoms with Crippen molar-refractivity contribution >= 4 is 12.1 Å². The number of guanidine groups is 1. The Morgan fingerprint density at radius 1 is 0.839 bits per heavy atom. The number of rotatable bonds is 4. The number of amides is 1. The van der Waals surface area contributed by atoms with Crippen molar-refractivity contribution in [1.29, 1.82) is 0 Å². The number of hydrogen-bond acceptors (Lipinski definition) is 4. The Morgan fingerprint density at radius 2 is 1.35 bits per heavy atom. The van der Waals surface area contributed by atoms with Crippen LogP contribution < -0.4 is 0 Å². The van der Waals surface area contributed by atoms with E-state index in [0.717, 1.165) is 23.2 Å². The van der Waals surface area contributed by atoms with Crippen LogP contribution in [-0.4, -0.2) is 35.0 Å². The molecule has 5 rings (SSSR count). The van der Waals surface area contributed by atoms with Gasteiger partial charge in [0.05, 0.1) is 24.7 Å². The van der Waals surface area contributed by atoms with Gasteiger partial charge in [-0.05, 0) is 23.6 Å². The monoisotopic (exact) mass is 411 g/mol. The van der Waals surface area contributed by atoms with Crippen LogP contribution in [0.5, 0.6) is 0 Å². The van der Waals surface area contributed by atoms with Crippen LogP contribution >= 0.6 is 0 Å². The summed E-state index contributed by atoms with van der Waals surface area (Å²) >= 11 is 0. The quantitative estimate of drug-likeness (QED) is 0.581. The lowest BCUT2D eigenvalue weighted by Crippen LogP contribution is -2.37. The van der Waals surface area contributed by atoms with Crippen LogP contribution in [-0.2, 0) is 4.74 Å². The molecule has 3 aromatic rings. The van der Waals surface area contributed by atoms with E-state index in [-0.39, 0.29) is 24.2 Å². The molecule has 0 spiro atoms. The molecule has 0 radical (unpaired) electrons. The van der Waals surface area contributed by atoms with Crippen LogP contribution in [0.1, 0.15) is 41.7 Å². The third-order valence-corrected chi connectivity index (χ3v) is 5.96. The zero-order valence-electron chi connectivity index (χ0n) is 17.5. The van der Waals surface area contributed by atoms with Crippen LogP contribution in [0.15, 0.2) is 96.0 Å². The fourth-order valence-corrected chi connectivity index (χ4v) is 4.63. The highest BCUT2D eigenvalue weighted by Gasteiger charge is 2.52. The second-order valence-electron chi connectivity index (χ2n) is 7.79. The molecule has 1 saturated heterocycles. The molecule has 2 heterocycles. The normalized spacial score (nSPS) is 22.2. The summed E-state index contributed by atoms with van der Waals surface area (Å²) in [5.41, 5.74) is 3.37. The Hall–Kier alpha value is -3.60. The summed E-state index contributed by atoms with van der Waals surface area (Å²) in [6.45, 7) is 2.88. The minimum Gasteiger partial charge on any atom is -0.449 e. The van der Waals surface area contributed by atoms with Gasteiger partial charge in [0.25, 0.3) is 0 Å². The molecule has 0 aromatic heterocycles. The van der Waals surface area contributed by atoms with Gasteiger partial charge in [-0.15, -0.1) is 0 Å². The summed E-state index contributed by atoms with van der Waals surface area (Å²) in [5, 5.41) is 0. The van der Waals surface area contributed by atoms with E-state index in [2.05, 4.69) is 41.3 Å². The predicted molar refractivity (Wildman–Crippen MR) is 121 cm³/mol. The molecule has 31 heavy (non-hydrogen) atoms. The van der Waals surface area contributed by atoms with Crippen LogP contribution in [0.2, 0.25) is 0 Å².